The third-order valence-corrected chi connectivity index (χ3v) is 1.84. The molecule has 4 nitrogen and oxygen atoms in total. The van der Waals surface area contributed by atoms with Crippen LogP contribution in [0.25, 0.3) is 0 Å². The Labute approximate surface area is 83.6 Å². The lowest BCUT2D eigenvalue weighted by molar-refractivity contribution is 0.0951. The summed E-state index contributed by atoms with van der Waals surface area (Å²) in [4.78, 5) is 11.5. The lowest BCUT2D eigenvalue weighted by Gasteiger charge is -1.98. The Hall–Kier alpha value is -1.58. The van der Waals surface area contributed by atoms with E-state index in [2.05, 4.69) is 10.4 Å². The monoisotopic (exact) mass is 193 g/mol. The molecule has 0 bridgehead atoms. The van der Waals surface area contributed by atoms with Crippen molar-refractivity contribution >= 4 is 5.91 Å². The molecule has 0 aliphatic heterocycles. The highest BCUT2D eigenvalue weighted by Crippen LogP contribution is 2.03. The maximum absolute atomic E-state index is 11.5. The van der Waals surface area contributed by atoms with E-state index in [4.69, 9.17) is 0 Å². The molecule has 1 aromatic rings. The summed E-state index contributed by atoms with van der Waals surface area (Å²) in [6.45, 7) is 4.33. The van der Waals surface area contributed by atoms with Crippen molar-refractivity contribution in [2.45, 2.75) is 13.8 Å². The quantitative estimate of drug-likeness (QED) is 0.729. The van der Waals surface area contributed by atoms with E-state index in [1.807, 2.05) is 32.2 Å². The van der Waals surface area contributed by atoms with Crippen LogP contribution in [0.3, 0.4) is 0 Å². The summed E-state index contributed by atoms with van der Waals surface area (Å²) in [5.74, 6) is -0.124. The van der Waals surface area contributed by atoms with Crippen LogP contribution in [0, 0.1) is 6.92 Å². The Morgan fingerprint density at radius 3 is 2.93 bits per heavy atom. The van der Waals surface area contributed by atoms with Gasteiger partial charge in [0.25, 0.3) is 5.91 Å². The van der Waals surface area contributed by atoms with Crippen molar-refractivity contribution in [3.05, 3.63) is 29.6 Å². The minimum atomic E-state index is -0.124. The van der Waals surface area contributed by atoms with Gasteiger partial charge in [0.2, 0.25) is 0 Å². The van der Waals surface area contributed by atoms with Crippen molar-refractivity contribution in [3.8, 4) is 0 Å². The molecular formula is C10H15N3O. The Bertz CT molecular complexity index is 352. The van der Waals surface area contributed by atoms with E-state index in [9.17, 15) is 4.79 Å². The number of aromatic nitrogens is 2. The Balaban J connectivity index is 2.65. The number of hydrogen-bond acceptors (Lipinski definition) is 2. The highest BCUT2D eigenvalue weighted by molar-refractivity contribution is 5.93. The molecule has 0 fully saturated rings. The number of allylic oxidation sites excluding steroid dienone is 1. The molecule has 0 saturated carbocycles. The van der Waals surface area contributed by atoms with Crippen LogP contribution < -0.4 is 5.32 Å². The fraction of sp³-hybridized carbons (Fsp3) is 0.400. The lowest BCUT2D eigenvalue weighted by atomic mass is 10.2. The lowest BCUT2D eigenvalue weighted by Crippen LogP contribution is -2.24. The third-order valence-electron chi connectivity index (χ3n) is 1.84. The number of aryl methyl sites for hydroxylation is 2. The molecule has 1 amide bonds. The zero-order valence-corrected chi connectivity index (χ0v) is 8.74. The number of carbonyl (C=O) groups is 1. The van der Waals surface area contributed by atoms with Gasteiger partial charge in [-0.05, 0) is 13.8 Å². The average Bonchev–Trinajstić information content (AvgIpc) is 2.45. The van der Waals surface area contributed by atoms with Crippen LogP contribution in [0.1, 0.15) is 23.0 Å². The van der Waals surface area contributed by atoms with E-state index in [0.717, 1.165) is 5.56 Å². The van der Waals surface area contributed by atoms with Gasteiger partial charge < -0.3 is 5.32 Å². The third kappa shape index (κ3) is 2.45. The number of amides is 1. The summed E-state index contributed by atoms with van der Waals surface area (Å²) in [5.41, 5.74) is 1.39. The van der Waals surface area contributed by atoms with Crippen LogP contribution in [-0.2, 0) is 7.05 Å². The van der Waals surface area contributed by atoms with E-state index in [-0.39, 0.29) is 5.91 Å². The topological polar surface area (TPSA) is 46.9 Å². The summed E-state index contributed by atoms with van der Waals surface area (Å²) < 4.78 is 1.64. The van der Waals surface area contributed by atoms with Gasteiger partial charge in [0.1, 0.15) is 0 Å². The largest absolute Gasteiger partial charge is 0.347 e. The minimum absolute atomic E-state index is 0.124. The second kappa shape index (κ2) is 4.60. The number of hydrogen-bond donors (Lipinski definition) is 1. The average molecular weight is 193 g/mol. The molecule has 0 radical (unpaired) electrons. The van der Waals surface area contributed by atoms with Gasteiger partial charge in [-0.25, -0.2) is 0 Å². The van der Waals surface area contributed by atoms with Gasteiger partial charge in [-0.2, -0.15) is 5.10 Å². The van der Waals surface area contributed by atoms with Crippen LogP contribution in [-0.4, -0.2) is 22.2 Å². The van der Waals surface area contributed by atoms with E-state index < -0.39 is 0 Å². The molecule has 14 heavy (non-hydrogen) atoms. The van der Waals surface area contributed by atoms with Crippen molar-refractivity contribution in [2.24, 2.45) is 7.05 Å². The minimum Gasteiger partial charge on any atom is -0.347 e. The predicted octanol–water partition coefficient (Wildman–Crippen LogP) is 1.03. The zero-order chi connectivity index (χ0) is 10.6. The van der Waals surface area contributed by atoms with Gasteiger partial charge in [-0.1, -0.05) is 12.2 Å². The van der Waals surface area contributed by atoms with Gasteiger partial charge in [-0.3, -0.25) is 9.48 Å². The van der Waals surface area contributed by atoms with Crippen LogP contribution >= 0.6 is 0 Å². The molecule has 1 aromatic heterocycles. The van der Waals surface area contributed by atoms with Crippen molar-refractivity contribution < 1.29 is 4.79 Å². The second-order valence-corrected chi connectivity index (χ2v) is 3.11. The fourth-order valence-corrected chi connectivity index (χ4v) is 1.18. The van der Waals surface area contributed by atoms with E-state index in [1.54, 1.807) is 11.7 Å². The molecule has 0 aromatic carbocycles. The van der Waals surface area contributed by atoms with Crippen LogP contribution in [0.5, 0.6) is 0 Å². The van der Waals surface area contributed by atoms with Crippen molar-refractivity contribution in [3.63, 3.8) is 0 Å². The maximum Gasteiger partial charge on any atom is 0.272 e. The smallest absolute Gasteiger partial charge is 0.272 e. The summed E-state index contributed by atoms with van der Waals surface area (Å²) in [6, 6.07) is 0. The first-order valence-corrected chi connectivity index (χ1v) is 4.54. The molecule has 1 rings (SSSR count). The van der Waals surface area contributed by atoms with Gasteiger partial charge in [0, 0.05) is 25.4 Å². The van der Waals surface area contributed by atoms with Gasteiger partial charge >= 0.3 is 0 Å². The first-order chi connectivity index (χ1) is 6.65. The van der Waals surface area contributed by atoms with E-state index in [0.29, 0.717) is 12.2 Å². The fourth-order valence-electron chi connectivity index (χ4n) is 1.18. The molecular weight excluding hydrogens is 178 g/mol. The second-order valence-electron chi connectivity index (χ2n) is 3.11. The number of rotatable bonds is 3. The highest BCUT2D eigenvalue weighted by atomic mass is 16.1. The van der Waals surface area contributed by atoms with E-state index >= 15 is 0 Å². The molecule has 0 aliphatic rings. The Kier molecular flexibility index (Phi) is 3.45. The SMILES string of the molecule is CC=CCNC(=O)c1nn(C)cc1C. The summed E-state index contributed by atoms with van der Waals surface area (Å²) in [6.07, 6.45) is 5.60. The first-order valence-electron chi connectivity index (χ1n) is 4.54. The molecule has 0 aliphatic carbocycles. The molecule has 4 heteroatoms. The van der Waals surface area contributed by atoms with Crippen molar-refractivity contribution in [1.29, 1.82) is 0 Å². The molecule has 1 heterocycles. The first kappa shape index (κ1) is 10.5. The molecule has 0 spiro atoms. The number of nitrogens with zero attached hydrogens (tertiary/aromatic N) is 2. The molecule has 1 N–H and O–H groups in total. The molecule has 0 unspecified atom stereocenters. The van der Waals surface area contributed by atoms with Crippen molar-refractivity contribution in [2.75, 3.05) is 6.54 Å². The van der Waals surface area contributed by atoms with Gasteiger partial charge in [-0.15, -0.1) is 0 Å². The number of nitrogens with one attached hydrogen (secondary N) is 1. The Morgan fingerprint density at radius 1 is 1.71 bits per heavy atom. The summed E-state index contributed by atoms with van der Waals surface area (Å²) in [5, 5.41) is 6.82. The maximum atomic E-state index is 11.5. The van der Waals surface area contributed by atoms with Gasteiger partial charge in [0.05, 0.1) is 0 Å². The molecule has 0 saturated heterocycles. The van der Waals surface area contributed by atoms with Crippen LogP contribution in [0.15, 0.2) is 18.3 Å². The van der Waals surface area contributed by atoms with Gasteiger partial charge in [0.15, 0.2) is 5.69 Å². The molecule has 0 atom stereocenters. The van der Waals surface area contributed by atoms with Crippen molar-refractivity contribution in [1.82, 2.24) is 15.1 Å². The zero-order valence-electron chi connectivity index (χ0n) is 8.74. The summed E-state index contributed by atoms with van der Waals surface area (Å²) >= 11 is 0. The number of carbonyl (C=O) groups excluding carboxylic acids is 1. The van der Waals surface area contributed by atoms with E-state index in [1.165, 1.54) is 0 Å². The standard InChI is InChI=1S/C10H15N3O/c1-4-5-6-11-10(14)9-8(2)7-13(3)12-9/h4-5,7H,6H2,1-3H3,(H,11,14). The van der Waals surface area contributed by atoms with Crippen LogP contribution in [0.2, 0.25) is 0 Å². The summed E-state index contributed by atoms with van der Waals surface area (Å²) in [7, 11) is 1.80. The normalized spacial score (nSPS) is 10.8. The highest BCUT2D eigenvalue weighted by Gasteiger charge is 2.11. The predicted molar refractivity (Wildman–Crippen MR) is 55.1 cm³/mol. The molecule has 76 valence electrons. The van der Waals surface area contributed by atoms with Crippen LogP contribution in [0.4, 0.5) is 0 Å². The Morgan fingerprint density at radius 2 is 2.43 bits per heavy atom.